The van der Waals surface area contributed by atoms with Crippen molar-refractivity contribution in [1.82, 2.24) is 10.4 Å². The summed E-state index contributed by atoms with van der Waals surface area (Å²) in [6.07, 6.45) is -0.543. The van der Waals surface area contributed by atoms with E-state index in [1.54, 1.807) is 0 Å². The van der Waals surface area contributed by atoms with E-state index in [2.05, 4.69) is 10.1 Å². The van der Waals surface area contributed by atoms with Crippen molar-refractivity contribution in [2.75, 3.05) is 6.61 Å². The van der Waals surface area contributed by atoms with Gasteiger partial charge in [0.05, 0.1) is 6.42 Å². The normalized spacial score (nSPS) is 27.1. The molecule has 0 aromatic heterocycles. The second-order valence-corrected chi connectivity index (χ2v) is 4.56. The fourth-order valence-corrected chi connectivity index (χ4v) is 2.00. The number of amides is 2. The standard InChI is InChI=1S/C11H12N2O8.Na/c1-5(14)8(16)12-6-4-20-13(9(6)17)11(10(18)19)3-2-7(15)21-11;/h6H,2-4H2,1H3,(H,12,16)(H,18,19);/q;+1/p-1/t6-,11?;/m0./s1. The Hall–Kier alpha value is -1.49. The van der Waals surface area contributed by atoms with E-state index in [0.29, 0.717) is 5.06 Å². The Morgan fingerprint density at radius 3 is 2.45 bits per heavy atom. The summed E-state index contributed by atoms with van der Waals surface area (Å²) in [7, 11) is 0. The Balaban J connectivity index is 0.00000242. The van der Waals surface area contributed by atoms with E-state index in [4.69, 9.17) is 4.84 Å². The van der Waals surface area contributed by atoms with Gasteiger partial charge in [-0.25, -0.2) is 0 Å². The molecule has 1 unspecified atom stereocenters. The number of cyclic esters (lactones) is 1. The molecule has 10 nitrogen and oxygen atoms in total. The summed E-state index contributed by atoms with van der Waals surface area (Å²) in [4.78, 5) is 61.4. The molecule has 114 valence electrons. The van der Waals surface area contributed by atoms with Crippen LogP contribution in [0.15, 0.2) is 0 Å². The summed E-state index contributed by atoms with van der Waals surface area (Å²) in [6, 6.07) is -1.24. The molecular weight excluding hydrogens is 311 g/mol. The second kappa shape index (κ2) is 6.73. The van der Waals surface area contributed by atoms with E-state index in [9.17, 15) is 29.1 Å². The predicted octanol–water partition coefficient (Wildman–Crippen LogP) is -6.38. The Labute approximate surface area is 146 Å². The summed E-state index contributed by atoms with van der Waals surface area (Å²) in [6.45, 7) is 0.624. The van der Waals surface area contributed by atoms with E-state index in [1.165, 1.54) is 0 Å². The molecule has 0 radical (unpaired) electrons. The summed E-state index contributed by atoms with van der Waals surface area (Å²) >= 11 is 0. The molecule has 2 saturated heterocycles. The average molecular weight is 322 g/mol. The molecule has 11 heteroatoms. The maximum absolute atomic E-state index is 12.1. The third-order valence-electron chi connectivity index (χ3n) is 3.09. The molecule has 0 spiro atoms. The molecule has 2 atom stereocenters. The fraction of sp³-hybridized carbons (Fsp3) is 0.545. The van der Waals surface area contributed by atoms with Gasteiger partial charge in [0, 0.05) is 13.3 Å². The predicted molar refractivity (Wildman–Crippen MR) is 58.5 cm³/mol. The fourth-order valence-electron chi connectivity index (χ4n) is 2.00. The van der Waals surface area contributed by atoms with Crippen molar-refractivity contribution in [3.8, 4) is 0 Å². The molecule has 0 saturated carbocycles. The second-order valence-electron chi connectivity index (χ2n) is 4.56. The number of hydroxylamine groups is 2. The Morgan fingerprint density at radius 2 is 2.00 bits per heavy atom. The number of aliphatic carboxylic acids is 1. The molecular formula is C11H11N2NaO8. The molecule has 0 aromatic carbocycles. The molecule has 22 heavy (non-hydrogen) atoms. The SMILES string of the molecule is CC(=O)C(=O)N[C@H]1CON(C2(C(=O)[O-])CCC(=O)O2)C1=O.[Na+]. The third kappa shape index (κ3) is 3.14. The van der Waals surface area contributed by atoms with Gasteiger partial charge in [0.15, 0.2) is 0 Å². The number of rotatable bonds is 4. The molecule has 2 amide bonds. The number of Topliss-reactive ketones (excluding diaryl/α,β-unsaturated/α-hetero) is 1. The average Bonchev–Trinajstić information content (AvgIpc) is 2.95. The van der Waals surface area contributed by atoms with Gasteiger partial charge in [-0.05, 0) is 0 Å². The van der Waals surface area contributed by atoms with Crippen LogP contribution < -0.4 is 40.0 Å². The van der Waals surface area contributed by atoms with Gasteiger partial charge in [-0.3, -0.25) is 24.0 Å². The first-order chi connectivity index (χ1) is 9.78. The molecule has 2 aliphatic heterocycles. The number of ether oxygens (including phenoxy) is 1. The number of carboxylic acids is 1. The number of carboxylic acid groups (broad SMARTS) is 1. The minimum Gasteiger partial charge on any atom is -0.544 e. The van der Waals surface area contributed by atoms with Crippen LogP contribution in [0.1, 0.15) is 19.8 Å². The number of carbonyl (C=O) groups is 5. The van der Waals surface area contributed by atoms with Crippen LogP contribution in [-0.2, 0) is 33.5 Å². The molecule has 2 rings (SSSR count). The zero-order chi connectivity index (χ0) is 15.8. The zero-order valence-electron chi connectivity index (χ0n) is 11.9. The quantitative estimate of drug-likeness (QED) is 0.306. The van der Waals surface area contributed by atoms with E-state index in [0.717, 1.165) is 6.92 Å². The van der Waals surface area contributed by atoms with Crippen LogP contribution in [0.5, 0.6) is 0 Å². The molecule has 0 aromatic rings. The van der Waals surface area contributed by atoms with E-state index in [-0.39, 0.29) is 49.0 Å². The van der Waals surface area contributed by atoms with Crippen molar-refractivity contribution in [2.45, 2.75) is 31.5 Å². The van der Waals surface area contributed by atoms with Gasteiger partial charge in [0.2, 0.25) is 5.78 Å². The smallest absolute Gasteiger partial charge is 0.544 e. The number of hydrogen-bond acceptors (Lipinski definition) is 8. The van der Waals surface area contributed by atoms with Crippen LogP contribution in [0.25, 0.3) is 0 Å². The van der Waals surface area contributed by atoms with Crippen molar-refractivity contribution in [1.29, 1.82) is 0 Å². The number of hydrogen-bond donors (Lipinski definition) is 1. The number of carbonyl (C=O) groups excluding carboxylic acids is 5. The van der Waals surface area contributed by atoms with Gasteiger partial charge >= 0.3 is 35.5 Å². The minimum atomic E-state index is -2.34. The van der Waals surface area contributed by atoms with Crippen LogP contribution in [0.3, 0.4) is 0 Å². The zero-order valence-corrected chi connectivity index (χ0v) is 13.9. The summed E-state index contributed by atoms with van der Waals surface area (Å²) in [5, 5.41) is 13.7. The maximum atomic E-state index is 12.1. The number of nitrogens with zero attached hydrogens (tertiary/aromatic N) is 1. The van der Waals surface area contributed by atoms with Gasteiger partial charge in [-0.15, -0.1) is 0 Å². The summed E-state index contributed by atoms with van der Waals surface area (Å²) < 4.78 is 4.66. The van der Waals surface area contributed by atoms with Crippen molar-refractivity contribution < 1.29 is 68.2 Å². The Bertz CT molecular complexity index is 550. The van der Waals surface area contributed by atoms with Gasteiger partial charge in [-0.1, -0.05) is 0 Å². The first-order valence-electron chi connectivity index (χ1n) is 5.99. The van der Waals surface area contributed by atoms with Gasteiger partial charge < -0.3 is 20.0 Å². The Kier molecular flexibility index (Phi) is 5.68. The van der Waals surface area contributed by atoms with Crippen molar-refractivity contribution in [3.05, 3.63) is 0 Å². The molecule has 2 fully saturated rings. The summed E-state index contributed by atoms with van der Waals surface area (Å²) in [5.74, 6) is -5.39. The maximum Gasteiger partial charge on any atom is 1.00 e. The number of nitrogens with one attached hydrogen (secondary N) is 1. The monoisotopic (exact) mass is 322 g/mol. The molecule has 2 aliphatic rings. The van der Waals surface area contributed by atoms with E-state index in [1.807, 2.05) is 0 Å². The molecule has 1 N–H and O–H groups in total. The van der Waals surface area contributed by atoms with Crippen LogP contribution in [0.2, 0.25) is 0 Å². The molecule has 2 heterocycles. The molecule has 0 bridgehead atoms. The molecule has 0 aliphatic carbocycles. The van der Waals surface area contributed by atoms with Crippen LogP contribution in [0.4, 0.5) is 0 Å². The van der Waals surface area contributed by atoms with Crippen molar-refractivity contribution >= 4 is 29.5 Å². The van der Waals surface area contributed by atoms with Crippen LogP contribution in [-0.4, -0.2) is 53.0 Å². The Morgan fingerprint density at radius 1 is 1.36 bits per heavy atom. The van der Waals surface area contributed by atoms with Crippen molar-refractivity contribution in [3.63, 3.8) is 0 Å². The minimum absolute atomic E-state index is 0. The van der Waals surface area contributed by atoms with E-state index >= 15 is 0 Å². The van der Waals surface area contributed by atoms with Gasteiger partial charge in [-0.2, -0.15) is 5.06 Å². The van der Waals surface area contributed by atoms with E-state index < -0.39 is 41.3 Å². The number of ketones is 1. The summed E-state index contributed by atoms with van der Waals surface area (Å²) in [5.41, 5.74) is -2.34. The third-order valence-corrected chi connectivity index (χ3v) is 3.09. The largest absolute Gasteiger partial charge is 1.00 e. The topological polar surface area (TPSA) is 142 Å². The first kappa shape index (κ1) is 18.6. The number of esters is 1. The van der Waals surface area contributed by atoms with Gasteiger partial charge in [0.25, 0.3) is 17.5 Å². The first-order valence-corrected chi connectivity index (χ1v) is 5.99. The van der Waals surface area contributed by atoms with Crippen molar-refractivity contribution in [2.24, 2.45) is 0 Å². The van der Waals surface area contributed by atoms with Gasteiger partial charge in [0.1, 0.15) is 18.6 Å². The van der Waals surface area contributed by atoms with Crippen LogP contribution in [0, 0.1) is 0 Å². The van der Waals surface area contributed by atoms with Crippen LogP contribution >= 0.6 is 0 Å².